The summed E-state index contributed by atoms with van der Waals surface area (Å²) in [6, 6.07) is 12.8. The molecule has 0 radical (unpaired) electrons. The fourth-order valence-electron chi connectivity index (χ4n) is 2.81. The van der Waals surface area contributed by atoms with Gasteiger partial charge in [-0.2, -0.15) is 0 Å². The second-order valence-electron chi connectivity index (χ2n) is 6.13. The number of methoxy groups -OCH3 is 1. The van der Waals surface area contributed by atoms with Crippen molar-refractivity contribution in [1.82, 2.24) is 0 Å². The predicted octanol–water partition coefficient (Wildman–Crippen LogP) is 3.81. The van der Waals surface area contributed by atoms with Crippen molar-refractivity contribution in [3.8, 4) is 11.5 Å². The van der Waals surface area contributed by atoms with Crippen LogP contribution in [0.4, 0.5) is 5.69 Å². The molecule has 0 aromatic heterocycles. The molecule has 1 amide bonds. The van der Waals surface area contributed by atoms with Gasteiger partial charge in [0.05, 0.1) is 18.9 Å². The van der Waals surface area contributed by atoms with Crippen LogP contribution in [0.15, 0.2) is 42.5 Å². The molecule has 1 fully saturated rings. The summed E-state index contributed by atoms with van der Waals surface area (Å²) in [5, 5.41) is 2.90. The lowest BCUT2D eigenvalue weighted by atomic mass is 10.1. The van der Waals surface area contributed by atoms with Gasteiger partial charge in [-0.25, -0.2) is 0 Å². The average Bonchev–Trinajstić information content (AvgIpc) is 3.14. The number of benzene rings is 2. The quantitative estimate of drug-likeness (QED) is 0.868. The van der Waals surface area contributed by atoms with E-state index in [-0.39, 0.29) is 12.0 Å². The number of nitrogens with one attached hydrogen (secondary N) is 1. The first kappa shape index (κ1) is 17.3. The maximum atomic E-state index is 12.6. The Kier molecular flexibility index (Phi) is 5.56. The highest BCUT2D eigenvalue weighted by molar-refractivity contribution is 6.05. The Morgan fingerprint density at radius 2 is 2.16 bits per heavy atom. The molecule has 132 valence electrons. The van der Waals surface area contributed by atoms with Crippen LogP contribution in [0.1, 0.15) is 28.8 Å². The highest BCUT2D eigenvalue weighted by atomic mass is 16.5. The number of hydrogen-bond acceptors (Lipinski definition) is 4. The van der Waals surface area contributed by atoms with Crippen molar-refractivity contribution in [1.29, 1.82) is 0 Å². The minimum Gasteiger partial charge on any atom is -0.495 e. The first-order valence-electron chi connectivity index (χ1n) is 8.46. The molecular formula is C20H23NO4. The zero-order valence-electron chi connectivity index (χ0n) is 14.6. The molecule has 0 aliphatic carbocycles. The Labute approximate surface area is 147 Å². The Balaban J connectivity index is 1.67. The van der Waals surface area contributed by atoms with E-state index in [1.807, 2.05) is 37.3 Å². The van der Waals surface area contributed by atoms with E-state index in [1.54, 1.807) is 19.2 Å². The van der Waals surface area contributed by atoms with Crippen LogP contribution in [0.2, 0.25) is 0 Å². The molecule has 2 aromatic carbocycles. The van der Waals surface area contributed by atoms with Gasteiger partial charge in [0.25, 0.3) is 5.91 Å². The number of ether oxygens (including phenoxy) is 3. The van der Waals surface area contributed by atoms with E-state index in [2.05, 4.69) is 5.32 Å². The number of hydrogen-bond donors (Lipinski definition) is 1. The molecule has 2 aromatic rings. The average molecular weight is 341 g/mol. The van der Waals surface area contributed by atoms with Gasteiger partial charge in [-0.1, -0.05) is 12.1 Å². The Bertz CT molecular complexity index is 738. The molecule has 1 heterocycles. The van der Waals surface area contributed by atoms with Crippen molar-refractivity contribution in [2.24, 2.45) is 0 Å². The summed E-state index contributed by atoms with van der Waals surface area (Å²) in [6.45, 7) is 3.28. The van der Waals surface area contributed by atoms with Gasteiger partial charge < -0.3 is 19.5 Å². The van der Waals surface area contributed by atoms with Crippen molar-refractivity contribution in [2.75, 3.05) is 25.6 Å². The van der Waals surface area contributed by atoms with Crippen LogP contribution in [0.3, 0.4) is 0 Å². The van der Waals surface area contributed by atoms with Crippen LogP contribution in [0.25, 0.3) is 0 Å². The number of carbonyl (C=O) groups is 1. The topological polar surface area (TPSA) is 56.8 Å². The summed E-state index contributed by atoms with van der Waals surface area (Å²) >= 11 is 0. The maximum Gasteiger partial charge on any atom is 0.255 e. The molecule has 1 N–H and O–H groups in total. The summed E-state index contributed by atoms with van der Waals surface area (Å²) in [4.78, 5) is 12.6. The van der Waals surface area contributed by atoms with Gasteiger partial charge in [0.2, 0.25) is 0 Å². The van der Waals surface area contributed by atoms with Crippen LogP contribution < -0.4 is 14.8 Å². The van der Waals surface area contributed by atoms with Gasteiger partial charge in [0.1, 0.15) is 18.1 Å². The fraction of sp³-hybridized carbons (Fsp3) is 0.350. The first-order chi connectivity index (χ1) is 12.2. The molecule has 0 saturated carbocycles. The van der Waals surface area contributed by atoms with Gasteiger partial charge in [0, 0.05) is 12.2 Å². The molecule has 3 rings (SSSR count). The first-order valence-corrected chi connectivity index (χ1v) is 8.46. The van der Waals surface area contributed by atoms with E-state index in [0.29, 0.717) is 29.4 Å². The number of aryl methyl sites for hydroxylation is 1. The second-order valence-corrected chi connectivity index (χ2v) is 6.13. The van der Waals surface area contributed by atoms with Crippen LogP contribution in [-0.4, -0.2) is 32.3 Å². The second kappa shape index (κ2) is 8.03. The molecule has 0 spiro atoms. The zero-order valence-corrected chi connectivity index (χ0v) is 14.6. The van der Waals surface area contributed by atoms with Crippen LogP contribution in [0.5, 0.6) is 11.5 Å². The molecule has 1 atom stereocenters. The zero-order chi connectivity index (χ0) is 17.6. The third kappa shape index (κ3) is 4.51. The summed E-state index contributed by atoms with van der Waals surface area (Å²) in [5.74, 6) is 1.09. The van der Waals surface area contributed by atoms with E-state index in [9.17, 15) is 4.79 Å². The third-order valence-electron chi connectivity index (χ3n) is 4.16. The number of rotatable bonds is 6. The molecule has 1 aliphatic rings. The smallest absolute Gasteiger partial charge is 0.255 e. The van der Waals surface area contributed by atoms with E-state index in [0.717, 1.165) is 25.0 Å². The molecule has 5 heteroatoms. The Hall–Kier alpha value is -2.53. The van der Waals surface area contributed by atoms with Crippen LogP contribution >= 0.6 is 0 Å². The highest BCUT2D eigenvalue weighted by Gasteiger charge is 2.16. The molecule has 1 unspecified atom stereocenters. The Morgan fingerprint density at radius 3 is 2.92 bits per heavy atom. The van der Waals surface area contributed by atoms with Gasteiger partial charge >= 0.3 is 0 Å². The number of carbonyl (C=O) groups excluding carboxylic acids is 1. The van der Waals surface area contributed by atoms with Gasteiger partial charge in [-0.05, 0) is 55.7 Å². The minimum atomic E-state index is -0.202. The summed E-state index contributed by atoms with van der Waals surface area (Å²) in [5.41, 5.74) is 2.23. The van der Waals surface area contributed by atoms with Crippen LogP contribution in [0, 0.1) is 6.92 Å². The van der Waals surface area contributed by atoms with E-state index in [4.69, 9.17) is 14.2 Å². The predicted molar refractivity (Wildman–Crippen MR) is 96.6 cm³/mol. The number of amides is 1. The molecule has 0 bridgehead atoms. The Morgan fingerprint density at radius 1 is 1.28 bits per heavy atom. The highest BCUT2D eigenvalue weighted by Crippen LogP contribution is 2.26. The minimum absolute atomic E-state index is 0.147. The lowest BCUT2D eigenvalue weighted by Crippen LogP contribution is -2.17. The van der Waals surface area contributed by atoms with Gasteiger partial charge in [-0.3, -0.25) is 4.79 Å². The third-order valence-corrected chi connectivity index (χ3v) is 4.16. The van der Waals surface area contributed by atoms with Crippen molar-refractivity contribution < 1.29 is 19.0 Å². The SMILES string of the molecule is COc1ccc(C)cc1NC(=O)c1cccc(OCC2CCCO2)c1. The van der Waals surface area contributed by atoms with E-state index >= 15 is 0 Å². The normalized spacial score (nSPS) is 16.5. The van der Waals surface area contributed by atoms with Crippen molar-refractivity contribution in [3.63, 3.8) is 0 Å². The summed E-state index contributed by atoms with van der Waals surface area (Å²) < 4.78 is 16.6. The van der Waals surface area contributed by atoms with E-state index < -0.39 is 0 Å². The summed E-state index contributed by atoms with van der Waals surface area (Å²) in [7, 11) is 1.58. The van der Waals surface area contributed by atoms with Crippen molar-refractivity contribution >= 4 is 11.6 Å². The van der Waals surface area contributed by atoms with Crippen molar-refractivity contribution in [2.45, 2.75) is 25.9 Å². The largest absolute Gasteiger partial charge is 0.495 e. The molecule has 1 saturated heterocycles. The standard InChI is InChI=1S/C20H23NO4/c1-14-8-9-19(23-2)18(11-14)21-20(22)15-5-3-6-16(12-15)25-13-17-7-4-10-24-17/h3,5-6,8-9,11-12,17H,4,7,10,13H2,1-2H3,(H,21,22). The van der Waals surface area contributed by atoms with E-state index in [1.165, 1.54) is 0 Å². The molecule has 1 aliphatic heterocycles. The fourth-order valence-corrected chi connectivity index (χ4v) is 2.81. The molecule has 5 nitrogen and oxygen atoms in total. The van der Waals surface area contributed by atoms with Gasteiger partial charge in [0.15, 0.2) is 0 Å². The monoisotopic (exact) mass is 341 g/mol. The lowest BCUT2D eigenvalue weighted by Gasteiger charge is -2.13. The van der Waals surface area contributed by atoms with Crippen molar-refractivity contribution in [3.05, 3.63) is 53.6 Å². The van der Waals surface area contributed by atoms with Crippen LogP contribution in [-0.2, 0) is 4.74 Å². The van der Waals surface area contributed by atoms with Gasteiger partial charge in [-0.15, -0.1) is 0 Å². The molecule has 25 heavy (non-hydrogen) atoms. The molecular weight excluding hydrogens is 318 g/mol. The maximum absolute atomic E-state index is 12.6. The lowest BCUT2D eigenvalue weighted by molar-refractivity contribution is 0.0679. The summed E-state index contributed by atoms with van der Waals surface area (Å²) in [6.07, 6.45) is 2.25. The number of anilines is 1.